The monoisotopic (exact) mass is 392 g/mol. The maximum Gasteiger partial charge on any atom is 0.269 e. The minimum atomic E-state index is -0.464. The van der Waals surface area contributed by atoms with E-state index in [0.29, 0.717) is 16.9 Å². The molecule has 28 heavy (non-hydrogen) atoms. The number of rotatable bonds is 4. The largest absolute Gasteiger partial charge is 0.331 e. The van der Waals surface area contributed by atoms with Crippen LogP contribution in [0.4, 0.5) is 11.4 Å². The van der Waals surface area contributed by atoms with Gasteiger partial charge in [-0.15, -0.1) is 5.10 Å². The number of hydrogen-bond acceptors (Lipinski definition) is 7. The van der Waals surface area contributed by atoms with Gasteiger partial charge >= 0.3 is 0 Å². The van der Waals surface area contributed by atoms with E-state index in [2.05, 4.69) is 31.4 Å². The molecule has 2 aromatic heterocycles. The third-order valence-corrected chi connectivity index (χ3v) is 4.10. The van der Waals surface area contributed by atoms with E-state index in [0.717, 1.165) is 10.9 Å². The molecular formula is C17H12N8O2S. The van der Waals surface area contributed by atoms with Crippen LogP contribution >= 0.6 is 12.2 Å². The Kier molecular flexibility index (Phi) is 4.56. The van der Waals surface area contributed by atoms with Gasteiger partial charge < -0.3 is 5.32 Å². The lowest BCUT2D eigenvalue weighted by atomic mass is 10.1. The van der Waals surface area contributed by atoms with Gasteiger partial charge in [0.25, 0.3) is 5.69 Å². The molecule has 2 N–H and O–H groups in total. The Morgan fingerprint density at radius 3 is 2.79 bits per heavy atom. The van der Waals surface area contributed by atoms with Crippen molar-refractivity contribution in [3.63, 3.8) is 0 Å². The van der Waals surface area contributed by atoms with Crippen molar-refractivity contribution in [2.24, 2.45) is 5.10 Å². The van der Waals surface area contributed by atoms with Crippen molar-refractivity contribution in [1.29, 1.82) is 0 Å². The first-order valence-corrected chi connectivity index (χ1v) is 8.47. The highest BCUT2D eigenvalue weighted by molar-refractivity contribution is 7.80. The van der Waals surface area contributed by atoms with Crippen LogP contribution in [-0.2, 0) is 0 Å². The second kappa shape index (κ2) is 7.32. The number of nitro groups is 1. The second-order valence-corrected chi connectivity index (χ2v) is 6.11. The van der Waals surface area contributed by atoms with Crippen LogP contribution in [0.2, 0.25) is 0 Å². The van der Waals surface area contributed by atoms with Crippen molar-refractivity contribution in [3.05, 3.63) is 70.3 Å². The molecule has 138 valence electrons. The molecule has 0 saturated carbocycles. The van der Waals surface area contributed by atoms with E-state index < -0.39 is 4.92 Å². The summed E-state index contributed by atoms with van der Waals surface area (Å²) in [7, 11) is 0. The number of hydrogen-bond donors (Lipinski definition) is 2. The summed E-state index contributed by atoms with van der Waals surface area (Å²) in [5.41, 5.74) is 5.49. The molecule has 0 radical (unpaired) electrons. The molecule has 0 aliphatic carbocycles. The molecule has 0 atom stereocenters. The molecule has 0 unspecified atom stereocenters. The van der Waals surface area contributed by atoms with E-state index in [1.54, 1.807) is 22.9 Å². The molecular weight excluding hydrogens is 380 g/mol. The summed E-state index contributed by atoms with van der Waals surface area (Å²) in [5.74, 6) is 0. The zero-order chi connectivity index (χ0) is 19.5. The van der Waals surface area contributed by atoms with Gasteiger partial charge in [-0.2, -0.15) is 9.62 Å². The molecule has 11 heteroatoms. The van der Waals surface area contributed by atoms with Crippen LogP contribution in [-0.4, -0.2) is 36.3 Å². The number of nitro benzene ring substituents is 1. The fourth-order valence-corrected chi connectivity index (χ4v) is 2.82. The molecule has 0 aliphatic rings. The summed E-state index contributed by atoms with van der Waals surface area (Å²) < 4.78 is 1.64. The fraction of sp³-hybridized carbons (Fsp3) is 0. The van der Waals surface area contributed by atoms with Crippen molar-refractivity contribution in [3.8, 4) is 0 Å². The van der Waals surface area contributed by atoms with Crippen LogP contribution in [0.3, 0.4) is 0 Å². The minimum Gasteiger partial charge on any atom is -0.331 e. The zero-order valence-corrected chi connectivity index (χ0v) is 15.0. The number of para-hydroxylation sites is 1. The van der Waals surface area contributed by atoms with Gasteiger partial charge in [-0.05, 0) is 46.9 Å². The molecule has 4 rings (SSSR count). The zero-order valence-electron chi connectivity index (χ0n) is 14.2. The first-order valence-electron chi connectivity index (χ1n) is 8.06. The Labute approximate surface area is 163 Å². The lowest BCUT2D eigenvalue weighted by molar-refractivity contribution is -0.384. The summed E-state index contributed by atoms with van der Waals surface area (Å²) in [6, 6.07) is 15.6. The number of non-ortho nitro benzene ring substituents is 1. The Morgan fingerprint density at radius 1 is 1.21 bits per heavy atom. The quantitative estimate of drug-likeness (QED) is 0.235. The number of thiocarbonyl (C=S) groups is 1. The fourth-order valence-electron chi connectivity index (χ4n) is 2.64. The lowest BCUT2D eigenvalue weighted by Crippen LogP contribution is -2.23. The van der Waals surface area contributed by atoms with Crippen LogP contribution in [0.25, 0.3) is 16.6 Å². The van der Waals surface area contributed by atoms with Crippen molar-refractivity contribution in [2.75, 3.05) is 5.32 Å². The van der Waals surface area contributed by atoms with E-state index in [-0.39, 0.29) is 10.8 Å². The van der Waals surface area contributed by atoms with E-state index in [4.69, 9.17) is 12.2 Å². The topological polar surface area (TPSA) is 123 Å². The van der Waals surface area contributed by atoms with E-state index in [1.807, 2.05) is 30.3 Å². The molecule has 0 bridgehead atoms. The van der Waals surface area contributed by atoms with Gasteiger partial charge in [0, 0.05) is 28.8 Å². The first-order chi connectivity index (χ1) is 13.6. The van der Waals surface area contributed by atoms with Gasteiger partial charge in [0.1, 0.15) is 0 Å². The number of aromatic nitrogens is 4. The predicted octanol–water partition coefficient (Wildman–Crippen LogP) is 2.51. The Hall–Kier alpha value is -3.99. The van der Waals surface area contributed by atoms with Crippen LogP contribution in [0, 0.1) is 10.1 Å². The molecule has 0 saturated heterocycles. The SMILES string of the molecule is O=[N+]([O-])c1ccc(NC(=S)N/N=C/c2cc3ccccc3n3nnnc23)cc1. The number of hydrazone groups is 1. The van der Waals surface area contributed by atoms with Gasteiger partial charge in [-0.25, -0.2) is 0 Å². The number of tetrazole rings is 1. The maximum absolute atomic E-state index is 10.7. The first kappa shape index (κ1) is 17.4. The minimum absolute atomic E-state index is 0.00434. The van der Waals surface area contributed by atoms with Crippen LogP contribution < -0.4 is 10.7 Å². The van der Waals surface area contributed by atoms with Gasteiger partial charge in [0.2, 0.25) is 0 Å². The van der Waals surface area contributed by atoms with E-state index >= 15 is 0 Å². The summed E-state index contributed by atoms with van der Waals surface area (Å²) in [6.07, 6.45) is 1.57. The van der Waals surface area contributed by atoms with Crippen molar-refractivity contribution in [1.82, 2.24) is 25.5 Å². The number of pyridine rings is 1. The van der Waals surface area contributed by atoms with Crippen molar-refractivity contribution in [2.45, 2.75) is 0 Å². The molecule has 0 amide bonds. The highest BCUT2D eigenvalue weighted by Gasteiger charge is 2.08. The smallest absolute Gasteiger partial charge is 0.269 e. The third kappa shape index (κ3) is 3.46. The molecule has 10 nitrogen and oxygen atoms in total. The number of benzene rings is 2. The predicted molar refractivity (Wildman–Crippen MR) is 108 cm³/mol. The highest BCUT2D eigenvalue weighted by Crippen LogP contribution is 2.18. The van der Waals surface area contributed by atoms with E-state index in [1.165, 1.54) is 12.1 Å². The van der Waals surface area contributed by atoms with Gasteiger partial charge in [-0.1, -0.05) is 18.2 Å². The average Bonchev–Trinajstić information content (AvgIpc) is 3.19. The van der Waals surface area contributed by atoms with Crippen molar-refractivity contribution >= 4 is 51.5 Å². The number of anilines is 1. The molecule has 2 heterocycles. The van der Waals surface area contributed by atoms with Crippen LogP contribution in [0.15, 0.2) is 59.7 Å². The van der Waals surface area contributed by atoms with E-state index in [9.17, 15) is 10.1 Å². The summed E-state index contributed by atoms with van der Waals surface area (Å²) in [6.45, 7) is 0. The lowest BCUT2D eigenvalue weighted by Gasteiger charge is -2.06. The Balaban J connectivity index is 1.49. The summed E-state index contributed by atoms with van der Waals surface area (Å²) in [4.78, 5) is 10.2. The summed E-state index contributed by atoms with van der Waals surface area (Å²) in [5, 5.41) is 30.7. The van der Waals surface area contributed by atoms with Gasteiger partial charge in [0.15, 0.2) is 10.8 Å². The molecule has 0 spiro atoms. The number of nitrogens with one attached hydrogen (secondary N) is 2. The second-order valence-electron chi connectivity index (χ2n) is 5.70. The standard InChI is InChI=1S/C17H12N8O2S/c26-25(27)14-7-5-13(6-8-14)19-17(28)21-18-10-12-9-11-3-1-2-4-15(11)24-16(12)20-22-23-24/h1-10H,(H2,19,21,28)/b18-10+. The normalized spacial score (nSPS) is 11.1. The van der Waals surface area contributed by atoms with Crippen LogP contribution in [0.1, 0.15) is 5.56 Å². The van der Waals surface area contributed by atoms with Gasteiger partial charge in [-0.3, -0.25) is 15.5 Å². The Bertz CT molecular complexity index is 1220. The van der Waals surface area contributed by atoms with Crippen molar-refractivity contribution < 1.29 is 4.92 Å². The molecule has 0 fully saturated rings. The average molecular weight is 392 g/mol. The Morgan fingerprint density at radius 2 is 2.00 bits per heavy atom. The summed E-state index contributed by atoms with van der Waals surface area (Å²) >= 11 is 5.18. The number of nitrogens with zero attached hydrogens (tertiary/aromatic N) is 6. The maximum atomic E-state index is 10.7. The van der Waals surface area contributed by atoms with Crippen LogP contribution in [0.5, 0.6) is 0 Å². The van der Waals surface area contributed by atoms with Gasteiger partial charge in [0.05, 0.1) is 16.7 Å². The molecule has 0 aliphatic heterocycles. The number of fused-ring (bicyclic) bond motifs is 3. The molecule has 4 aromatic rings. The third-order valence-electron chi connectivity index (χ3n) is 3.91. The highest BCUT2D eigenvalue weighted by atomic mass is 32.1. The molecule has 2 aromatic carbocycles.